The van der Waals surface area contributed by atoms with Gasteiger partial charge in [-0.3, -0.25) is 4.57 Å². The Morgan fingerprint density at radius 3 is 2.00 bits per heavy atom. The molecule has 0 N–H and O–H groups in total. The summed E-state index contributed by atoms with van der Waals surface area (Å²) < 4.78 is 14.1. The van der Waals surface area contributed by atoms with Crippen molar-refractivity contribution in [1.29, 1.82) is 5.26 Å². The normalized spacial score (nSPS) is 14.1. The van der Waals surface area contributed by atoms with E-state index < -0.39 is 7.60 Å². The van der Waals surface area contributed by atoms with Crippen molar-refractivity contribution in [3.05, 3.63) is 0 Å². The first-order valence-electron chi connectivity index (χ1n) is 3.22. The average Bonchev–Trinajstić information content (AvgIpc) is 1.86. The van der Waals surface area contributed by atoms with Crippen molar-refractivity contribution in [2.45, 2.75) is 6.92 Å². The van der Waals surface area contributed by atoms with E-state index in [1.165, 1.54) is 6.92 Å². The summed E-state index contributed by atoms with van der Waals surface area (Å²) in [5, 5.41) is 7.77. The van der Waals surface area contributed by atoms with Crippen LogP contribution in [0, 0.1) is 11.1 Å². The van der Waals surface area contributed by atoms with Gasteiger partial charge in [-0.2, -0.15) is 5.26 Å². The molecule has 0 aromatic rings. The summed E-state index contributed by atoms with van der Waals surface area (Å²) in [5.74, 6) is 1.02. The molecule has 0 radical (unpaired) electrons. The van der Waals surface area contributed by atoms with E-state index in [2.05, 4.69) is 23.3 Å². The molecule has 12 heavy (non-hydrogen) atoms. The lowest BCUT2D eigenvalue weighted by molar-refractivity contribution is -0.193. The first-order chi connectivity index (χ1) is 5.35. The largest absolute Gasteiger partial charge is 0.767 e. The fourth-order valence-electron chi connectivity index (χ4n) is 0.199. The fourth-order valence-corrected chi connectivity index (χ4v) is 0.596. The van der Waals surface area contributed by atoms with E-state index in [4.69, 9.17) is 5.26 Å². The minimum atomic E-state index is -4.12. The van der Waals surface area contributed by atoms with Crippen LogP contribution < -0.4 is 4.89 Å². The van der Waals surface area contributed by atoms with Gasteiger partial charge in [-0.15, -0.1) is 0 Å². The van der Waals surface area contributed by atoms with Gasteiger partial charge < -0.3 is 9.42 Å². The second kappa shape index (κ2) is 7.63. The van der Waals surface area contributed by atoms with E-state index in [9.17, 15) is 9.46 Å². The number of hydrogen-bond acceptors (Lipinski definition) is 4. The second-order valence-electron chi connectivity index (χ2n) is 2.24. The molecule has 0 saturated carbocycles. The third-order valence-electron chi connectivity index (χ3n) is 0.422. The molecule has 0 saturated heterocycles. The fraction of sp³-hybridized carbons (Fsp3) is 0.833. The highest BCUT2D eigenvalue weighted by Crippen LogP contribution is 2.33. The third-order valence-corrected chi connectivity index (χ3v) is 1.26. The van der Waals surface area contributed by atoms with Crippen molar-refractivity contribution >= 4 is 18.5 Å². The molecule has 1 unspecified atom stereocenters. The molecule has 0 bridgehead atoms. The maximum atomic E-state index is 10.0. The summed E-state index contributed by atoms with van der Waals surface area (Å²) in [6, 6.07) is 0. The summed E-state index contributed by atoms with van der Waals surface area (Å²) in [6.07, 6.45) is 6.58. The standard InChI is InChI=1S/C3H6NO3P.C3H9S/c1-2-7-8(5,6)3-4;1-4(2)3/h2H2,1H3,(H,5,6);1-3H3/q;+1/p-1. The van der Waals surface area contributed by atoms with Gasteiger partial charge in [0.1, 0.15) is 5.81 Å². The zero-order valence-corrected chi connectivity index (χ0v) is 9.45. The Hall–Kier alpha value is -0.0100. The Kier molecular flexibility index (Phi) is 9.23. The van der Waals surface area contributed by atoms with Gasteiger partial charge in [0.15, 0.2) is 0 Å². The Labute approximate surface area is 76.4 Å². The smallest absolute Gasteiger partial charge is 0.235 e. The quantitative estimate of drug-likeness (QED) is 0.494. The summed E-state index contributed by atoms with van der Waals surface area (Å²) in [4.78, 5) is 10.0. The predicted octanol–water partition coefficient (Wildman–Crippen LogP) is 0.551. The van der Waals surface area contributed by atoms with Crippen LogP contribution in [0.25, 0.3) is 0 Å². The van der Waals surface area contributed by atoms with Gasteiger partial charge in [0.2, 0.25) is 7.60 Å². The van der Waals surface area contributed by atoms with Crippen LogP contribution in [0.5, 0.6) is 0 Å². The lowest BCUT2D eigenvalue weighted by Crippen LogP contribution is -2.01. The van der Waals surface area contributed by atoms with Crippen LogP contribution in [-0.2, 0) is 20.0 Å². The topological polar surface area (TPSA) is 73.2 Å². The van der Waals surface area contributed by atoms with Crippen molar-refractivity contribution in [3.8, 4) is 5.81 Å². The van der Waals surface area contributed by atoms with Crippen molar-refractivity contribution in [2.75, 3.05) is 25.4 Å². The van der Waals surface area contributed by atoms with E-state index in [-0.39, 0.29) is 6.61 Å². The molecule has 0 fully saturated rings. The zero-order valence-electron chi connectivity index (χ0n) is 7.73. The predicted molar refractivity (Wildman–Crippen MR) is 50.0 cm³/mol. The molecule has 72 valence electrons. The number of hydrogen-bond donors (Lipinski definition) is 0. The molecule has 0 aromatic carbocycles. The summed E-state index contributed by atoms with van der Waals surface area (Å²) >= 11 is 0. The molecule has 4 nitrogen and oxygen atoms in total. The lowest BCUT2D eigenvalue weighted by atomic mass is 10.9. The molecule has 0 aliphatic heterocycles. The molecular formula is C6H14NO3PS. The van der Waals surface area contributed by atoms with Crippen LogP contribution >= 0.6 is 7.60 Å². The molecule has 0 aromatic heterocycles. The molecule has 6 heteroatoms. The monoisotopic (exact) mass is 211 g/mol. The Morgan fingerprint density at radius 2 is 1.92 bits per heavy atom. The van der Waals surface area contributed by atoms with Crippen LogP contribution in [-0.4, -0.2) is 25.4 Å². The SMILES string of the molecule is CCOP(=O)([O-])C#N.C[S+](C)C. The minimum absolute atomic E-state index is 0.0222. The number of nitrogens with zero attached hydrogens (tertiary/aromatic N) is 1. The summed E-state index contributed by atoms with van der Waals surface area (Å²) in [5.41, 5.74) is 0. The van der Waals surface area contributed by atoms with Gasteiger partial charge >= 0.3 is 0 Å². The van der Waals surface area contributed by atoms with E-state index in [1.54, 1.807) is 0 Å². The average molecular weight is 211 g/mol. The Balaban J connectivity index is 0. The second-order valence-corrected chi connectivity index (χ2v) is 6.14. The van der Waals surface area contributed by atoms with Crippen molar-refractivity contribution < 1.29 is 14.0 Å². The van der Waals surface area contributed by atoms with E-state index in [0.29, 0.717) is 10.9 Å². The van der Waals surface area contributed by atoms with Gasteiger partial charge in [-0.05, 0) is 17.8 Å². The van der Waals surface area contributed by atoms with Gasteiger partial charge in [0.05, 0.1) is 25.4 Å². The maximum Gasteiger partial charge on any atom is 0.235 e. The van der Waals surface area contributed by atoms with Crippen molar-refractivity contribution in [3.63, 3.8) is 0 Å². The van der Waals surface area contributed by atoms with Crippen LogP contribution in [0.4, 0.5) is 0 Å². The molecule has 0 aliphatic carbocycles. The molecule has 0 rings (SSSR count). The van der Waals surface area contributed by atoms with Gasteiger partial charge in [0, 0.05) is 0 Å². The van der Waals surface area contributed by atoms with Crippen molar-refractivity contribution in [1.82, 2.24) is 0 Å². The molecule has 0 amide bonds. The van der Waals surface area contributed by atoms with Gasteiger partial charge in [-0.1, -0.05) is 0 Å². The molecule has 0 spiro atoms. The Bertz CT molecular complexity index is 187. The minimum Gasteiger partial charge on any atom is -0.767 e. The highest BCUT2D eigenvalue weighted by Gasteiger charge is 2.01. The highest BCUT2D eigenvalue weighted by molar-refractivity contribution is 7.94. The molecular weight excluding hydrogens is 197 g/mol. The Morgan fingerprint density at radius 1 is 1.58 bits per heavy atom. The molecule has 0 heterocycles. The first kappa shape index (κ1) is 14.5. The zero-order chi connectivity index (χ0) is 10.2. The van der Waals surface area contributed by atoms with Crippen molar-refractivity contribution in [2.24, 2.45) is 0 Å². The number of nitriles is 1. The molecule has 1 atom stereocenters. The maximum absolute atomic E-state index is 10.0. The van der Waals surface area contributed by atoms with E-state index >= 15 is 0 Å². The van der Waals surface area contributed by atoms with Crippen LogP contribution in [0.2, 0.25) is 0 Å². The van der Waals surface area contributed by atoms with E-state index in [1.807, 2.05) is 0 Å². The van der Waals surface area contributed by atoms with Gasteiger partial charge in [-0.25, -0.2) is 0 Å². The lowest BCUT2D eigenvalue weighted by Gasteiger charge is -2.11. The third kappa shape index (κ3) is 16.5. The number of rotatable bonds is 2. The molecule has 0 aliphatic rings. The van der Waals surface area contributed by atoms with E-state index in [0.717, 1.165) is 5.81 Å². The van der Waals surface area contributed by atoms with Crippen LogP contribution in [0.3, 0.4) is 0 Å². The first-order valence-corrected chi connectivity index (χ1v) is 7.21. The highest BCUT2D eigenvalue weighted by atomic mass is 32.2. The van der Waals surface area contributed by atoms with Crippen LogP contribution in [0.15, 0.2) is 0 Å². The summed E-state index contributed by atoms with van der Waals surface area (Å²) in [6.45, 7) is 1.52. The van der Waals surface area contributed by atoms with Crippen LogP contribution in [0.1, 0.15) is 6.92 Å². The van der Waals surface area contributed by atoms with Gasteiger partial charge in [0.25, 0.3) is 0 Å². The summed E-state index contributed by atoms with van der Waals surface area (Å²) in [7, 11) is -3.48.